The quantitative estimate of drug-likeness (QED) is 0.533. The molecule has 5 heteroatoms. The van der Waals surface area contributed by atoms with Crippen LogP contribution in [0, 0.1) is 10.1 Å². The Morgan fingerprint density at radius 1 is 1.08 bits per heavy atom. The highest BCUT2D eigenvalue weighted by molar-refractivity contribution is 5.88. The molecule has 3 aromatic rings. The zero-order valence-electron chi connectivity index (χ0n) is 13.5. The van der Waals surface area contributed by atoms with Gasteiger partial charge < -0.3 is 4.57 Å². The van der Waals surface area contributed by atoms with Crippen molar-refractivity contribution < 1.29 is 9.72 Å². The van der Waals surface area contributed by atoms with E-state index >= 15 is 0 Å². The fourth-order valence-electron chi connectivity index (χ4n) is 3.32. The van der Waals surface area contributed by atoms with E-state index in [1.807, 2.05) is 72.4 Å². The molecule has 0 amide bonds. The Labute approximate surface area is 139 Å². The summed E-state index contributed by atoms with van der Waals surface area (Å²) in [7, 11) is 1.91. The highest BCUT2D eigenvalue weighted by atomic mass is 16.6. The van der Waals surface area contributed by atoms with E-state index in [0.29, 0.717) is 0 Å². The molecular formula is C19H18N2O3. The molecule has 3 rings (SSSR count). The molecule has 1 heterocycles. The molecule has 0 aliphatic carbocycles. The van der Waals surface area contributed by atoms with E-state index in [1.54, 1.807) is 0 Å². The highest BCUT2D eigenvalue weighted by Gasteiger charge is 2.39. The number of fused-ring (bicyclic) bond motifs is 1. The van der Waals surface area contributed by atoms with E-state index in [4.69, 9.17) is 0 Å². The maximum atomic E-state index is 12.1. The van der Waals surface area contributed by atoms with Crippen LogP contribution < -0.4 is 0 Å². The van der Waals surface area contributed by atoms with Crippen molar-refractivity contribution in [2.24, 2.45) is 7.05 Å². The number of hydrogen-bond donors (Lipinski definition) is 0. The fraction of sp³-hybridized carbons (Fsp3) is 0.211. The number of ketones is 1. The van der Waals surface area contributed by atoms with Gasteiger partial charge in [0.2, 0.25) is 5.78 Å². The number of Topliss-reactive ketones (excluding diaryl/α,β-unsaturated/α-hetero) is 1. The molecule has 1 aromatic heterocycles. The second-order valence-corrected chi connectivity index (χ2v) is 5.94. The number of para-hydroxylation sites is 1. The molecule has 0 radical (unpaired) electrons. The van der Waals surface area contributed by atoms with Crippen molar-refractivity contribution in [2.45, 2.75) is 18.9 Å². The Bertz CT molecular complexity index is 885. The average Bonchev–Trinajstić information content (AvgIpc) is 2.89. The lowest BCUT2D eigenvalue weighted by molar-refractivity contribution is -0.509. The summed E-state index contributed by atoms with van der Waals surface area (Å²) in [6, 6.07) is 15.7. The zero-order chi connectivity index (χ0) is 17.3. The second kappa shape index (κ2) is 6.28. The zero-order valence-corrected chi connectivity index (χ0v) is 13.5. The van der Waals surface area contributed by atoms with Crippen LogP contribution in [-0.4, -0.2) is 21.3 Å². The lowest BCUT2D eigenvalue weighted by Gasteiger charge is -2.19. The third kappa shape index (κ3) is 2.69. The molecule has 2 aromatic carbocycles. The van der Waals surface area contributed by atoms with Gasteiger partial charge in [0, 0.05) is 36.0 Å². The van der Waals surface area contributed by atoms with Crippen molar-refractivity contribution in [3.63, 3.8) is 0 Å². The molecule has 2 unspecified atom stereocenters. The molecule has 0 aliphatic rings. The predicted octanol–water partition coefficient (Wildman–Crippen LogP) is 3.54. The van der Waals surface area contributed by atoms with Crippen LogP contribution in [-0.2, 0) is 11.8 Å². The van der Waals surface area contributed by atoms with Crippen LogP contribution >= 0.6 is 0 Å². The SMILES string of the molecule is CC(=O)C(C(c1ccccc1)c1cn(C)c2ccccc12)[N+](=O)[O-]. The maximum absolute atomic E-state index is 12.1. The summed E-state index contributed by atoms with van der Waals surface area (Å²) in [4.78, 5) is 23.2. The van der Waals surface area contributed by atoms with Gasteiger partial charge in [0.05, 0.1) is 5.92 Å². The van der Waals surface area contributed by atoms with E-state index < -0.39 is 22.7 Å². The highest BCUT2D eigenvalue weighted by Crippen LogP contribution is 2.35. The minimum Gasteiger partial charge on any atom is -0.350 e. The number of nitro groups is 1. The normalized spacial score (nSPS) is 13.6. The van der Waals surface area contributed by atoms with Gasteiger partial charge in [0.25, 0.3) is 6.04 Å². The summed E-state index contributed by atoms with van der Waals surface area (Å²) < 4.78 is 1.94. The van der Waals surface area contributed by atoms with Crippen molar-refractivity contribution >= 4 is 16.7 Å². The van der Waals surface area contributed by atoms with Crippen molar-refractivity contribution in [1.82, 2.24) is 4.57 Å². The van der Waals surface area contributed by atoms with E-state index in [9.17, 15) is 14.9 Å². The maximum Gasteiger partial charge on any atom is 0.280 e. The minimum absolute atomic E-state index is 0.443. The van der Waals surface area contributed by atoms with Gasteiger partial charge in [-0.3, -0.25) is 14.9 Å². The lowest BCUT2D eigenvalue weighted by atomic mass is 9.83. The monoisotopic (exact) mass is 322 g/mol. The molecule has 0 saturated heterocycles. The van der Waals surface area contributed by atoms with Gasteiger partial charge in [0.1, 0.15) is 0 Å². The van der Waals surface area contributed by atoms with Gasteiger partial charge in [-0.25, -0.2) is 0 Å². The van der Waals surface area contributed by atoms with Gasteiger partial charge in [-0.05, 0) is 17.2 Å². The lowest BCUT2D eigenvalue weighted by Crippen LogP contribution is -2.34. The van der Waals surface area contributed by atoms with Crippen LogP contribution in [0.5, 0.6) is 0 Å². The summed E-state index contributed by atoms with van der Waals surface area (Å²) in [5.74, 6) is -1.06. The molecule has 0 spiro atoms. The van der Waals surface area contributed by atoms with Crippen LogP contribution in [0.1, 0.15) is 24.0 Å². The molecule has 2 atom stereocenters. The first-order chi connectivity index (χ1) is 11.5. The molecule has 5 nitrogen and oxygen atoms in total. The van der Waals surface area contributed by atoms with Crippen molar-refractivity contribution in [1.29, 1.82) is 0 Å². The van der Waals surface area contributed by atoms with Gasteiger partial charge >= 0.3 is 0 Å². The number of aromatic nitrogens is 1. The van der Waals surface area contributed by atoms with Gasteiger partial charge in [0.15, 0.2) is 0 Å². The number of carbonyl (C=O) groups excluding carboxylic acids is 1. The van der Waals surface area contributed by atoms with Crippen molar-refractivity contribution in [2.75, 3.05) is 0 Å². The third-order valence-electron chi connectivity index (χ3n) is 4.38. The summed E-state index contributed by atoms with van der Waals surface area (Å²) in [5, 5.41) is 12.6. The van der Waals surface area contributed by atoms with Gasteiger partial charge in [-0.1, -0.05) is 48.5 Å². The Balaban J connectivity index is 2.28. The fourth-order valence-corrected chi connectivity index (χ4v) is 3.32. The predicted molar refractivity (Wildman–Crippen MR) is 92.7 cm³/mol. The number of rotatable bonds is 5. The number of aryl methyl sites for hydroxylation is 1. The minimum atomic E-state index is -1.31. The molecular weight excluding hydrogens is 304 g/mol. The summed E-state index contributed by atoms with van der Waals surface area (Å²) in [6.45, 7) is 1.29. The van der Waals surface area contributed by atoms with Crippen molar-refractivity contribution in [3.8, 4) is 0 Å². The number of carbonyl (C=O) groups is 1. The first-order valence-corrected chi connectivity index (χ1v) is 7.73. The molecule has 0 aliphatic heterocycles. The molecule has 0 fully saturated rings. The van der Waals surface area contributed by atoms with Gasteiger partial charge in [-0.2, -0.15) is 0 Å². The molecule has 24 heavy (non-hydrogen) atoms. The average molecular weight is 322 g/mol. The number of benzene rings is 2. The number of nitrogens with zero attached hydrogens (tertiary/aromatic N) is 2. The van der Waals surface area contributed by atoms with Gasteiger partial charge in [-0.15, -0.1) is 0 Å². The van der Waals surface area contributed by atoms with Crippen LogP contribution in [0.15, 0.2) is 60.8 Å². The topological polar surface area (TPSA) is 65.1 Å². The Morgan fingerprint density at radius 3 is 2.33 bits per heavy atom. The molecule has 0 bridgehead atoms. The third-order valence-corrected chi connectivity index (χ3v) is 4.38. The van der Waals surface area contributed by atoms with Crippen LogP contribution in [0.2, 0.25) is 0 Å². The van der Waals surface area contributed by atoms with E-state index in [-0.39, 0.29) is 0 Å². The summed E-state index contributed by atoms with van der Waals surface area (Å²) in [6.07, 6.45) is 1.89. The Morgan fingerprint density at radius 2 is 1.71 bits per heavy atom. The molecule has 122 valence electrons. The first-order valence-electron chi connectivity index (χ1n) is 7.73. The van der Waals surface area contributed by atoms with Crippen molar-refractivity contribution in [3.05, 3.63) is 82.0 Å². The van der Waals surface area contributed by atoms with E-state index in [2.05, 4.69) is 0 Å². The van der Waals surface area contributed by atoms with E-state index in [0.717, 1.165) is 22.0 Å². The smallest absolute Gasteiger partial charge is 0.280 e. The standard InChI is InChI=1S/C19H18N2O3/c1-13(22)19(21(23)24)18(14-8-4-3-5-9-14)16-12-20(2)17-11-7-6-10-15(16)17/h3-12,18-19H,1-2H3. The van der Waals surface area contributed by atoms with Crippen LogP contribution in [0.3, 0.4) is 0 Å². The summed E-state index contributed by atoms with van der Waals surface area (Å²) in [5.41, 5.74) is 2.56. The Hall–Kier alpha value is -2.95. The second-order valence-electron chi connectivity index (χ2n) is 5.94. The summed E-state index contributed by atoms with van der Waals surface area (Å²) >= 11 is 0. The molecule has 0 saturated carbocycles. The van der Waals surface area contributed by atoms with Crippen LogP contribution in [0.25, 0.3) is 10.9 Å². The Kier molecular flexibility index (Phi) is 4.16. The first kappa shape index (κ1) is 15.9. The van der Waals surface area contributed by atoms with E-state index in [1.165, 1.54) is 6.92 Å². The molecule has 0 N–H and O–H groups in total. The number of hydrogen-bond acceptors (Lipinski definition) is 3. The van der Waals surface area contributed by atoms with Crippen LogP contribution in [0.4, 0.5) is 0 Å². The largest absolute Gasteiger partial charge is 0.350 e.